The number of hydrogen-bond acceptors (Lipinski definition) is 1. The highest BCUT2D eigenvalue weighted by Crippen LogP contribution is 2.58. The lowest BCUT2D eigenvalue weighted by atomic mass is 10.4. The van der Waals surface area contributed by atoms with Crippen molar-refractivity contribution >= 4 is 0 Å². The zero-order valence-electron chi connectivity index (χ0n) is 5.98. The lowest BCUT2D eigenvalue weighted by molar-refractivity contribution is 0.0545. The molecule has 10 heavy (non-hydrogen) atoms. The molecule has 1 aliphatic carbocycles. The quantitative estimate of drug-likeness (QED) is 0.538. The minimum Gasteiger partial charge on any atom is -0.303 e. The van der Waals surface area contributed by atoms with Crippen LogP contribution in [0.5, 0.6) is 0 Å². The summed E-state index contributed by atoms with van der Waals surface area (Å²) in [5, 5.41) is 0. The molecule has 1 heterocycles. The van der Waals surface area contributed by atoms with Gasteiger partial charge in [-0.1, -0.05) is 6.92 Å². The summed E-state index contributed by atoms with van der Waals surface area (Å²) in [6.45, 7) is 4.17. The fourth-order valence-corrected chi connectivity index (χ4v) is 1.85. The van der Waals surface area contributed by atoms with Crippen molar-refractivity contribution in [2.24, 2.45) is 11.8 Å². The largest absolute Gasteiger partial charge is 0.303 e. The smallest absolute Gasteiger partial charge is 0.257 e. The maximum atomic E-state index is 12.5. The molecule has 2 atom stereocenters. The van der Waals surface area contributed by atoms with E-state index >= 15 is 0 Å². The van der Waals surface area contributed by atoms with Crippen LogP contribution in [-0.4, -0.2) is 30.5 Å². The van der Waals surface area contributed by atoms with E-state index in [9.17, 15) is 8.78 Å². The molecule has 3 heteroatoms. The van der Waals surface area contributed by atoms with Crippen LogP contribution >= 0.6 is 0 Å². The van der Waals surface area contributed by atoms with E-state index in [0.29, 0.717) is 13.1 Å². The maximum Gasteiger partial charge on any atom is 0.257 e. The summed E-state index contributed by atoms with van der Waals surface area (Å²) in [7, 11) is 0. The first kappa shape index (κ1) is 6.53. The highest BCUT2D eigenvalue weighted by molar-refractivity contribution is 5.11. The Labute approximate surface area is 59.0 Å². The van der Waals surface area contributed by atoms with Gasteiger partial charge in [-0.05, 0) is 6.54 Å². The van der Waals surface area contributed by atoms with Gasteiger partial charge in [0.15, 0.2) is 0 Å². The Hall–Kier alpha value is -0.180. The molecule has 0 amide bonds. The van der Waals surface area contributed by atoms with E-state index in [-0.39, 0.29) is 11.8 Å². The molecule has 1 saturated carbocycles. The number of nitrogens with zero attached hydrogens (tertiary/aromatic N) is 1. The molecule has 0 spiro atoms. The second-order valence-corrected chi connectivity index (χ2v) is 3.24. The van der Waals surface area contributed by atoms with E-state index in [4.69, 9.17) is 0 Å². The van der Waals surface area contributed by atoms with Gasteiger partial charge in [0.2, 0.25) is 0 Å². The molecule has 1 aliphatic heterocycles. The van der Waals surface area contributed by atoms with Crippen molar-refractivity contribution < 1.29 is 8.78 Å². The highest BCUT2D eigenvalue weighted by atomic mass is 19.3. The van der Waals surface area contributed by atoms with Gasteiger partial charge >= 0.3 is 0 Å². The van der Waals surface area contributed by atoms with Crippen molar-refractivity contribution in [2.45, 2.75) is 12.8 Å². The third-order valence-corrected chi connectivity index (χ3v) is 2.72. The Morgan fingerprint density at radius 3 is 2.30 bits per heavy atom. The average molecular weight is 147 g/mol. The van der Waals surface area contributed by atoms with Gasteiger partial charge in [-0.2, -0.15) is 0 Å². The van der Waals surface area contributed by atoms with Crippen LogP contribution in [-0.2, 0) is 0 Å². The Balaban J connectivity index is 1.96. The zero-order valence-corrected chi connectivity index (χ0v) is 5.98. The number of fused-ring (bicyclic) bond motifs is 1. The van der Waals surface area contributed by atoms with Gasteiger partial charge in [-0.3, -0.25) is 0 Å². The first-order valence-electron chi connectivity index (χ1n) is 3.76. The fourth-order valence-electron chi connectivity index (χ4n) is 1.85. The number of alkyl halides is 2. The first-order valence-corrected chi connectivity index (χ1v) is 3.76. The molecule has 0 aromatic rings. The van der Waals surface area contributed by atoms with Crippen LogP contribution in [0.2, 0.25) is 0 Å². The Morgan fingerprint density at radius 2 is 1.90 bits per heavy atom. The molecule has 2 unspecified atom stereocenters. The normalized spacial score (nSPS) is 43.5. The molecule has 2 fully saturated rings. The number of rotatable bonds is 1. The standard InChI is InChI=1S/C7H11F2N/c1-2-10-3-5-6(4-10)7(5,8)9/h5-6H,2-4H2,1H3. The van der Waals surface area contributed by atoms with Crippen LogP contribution in [0.4, 0.5) is 8.78 Å². The third-order valence-electron chi connectivity index (χ3n) is 2.72. The molecule has 1 saturated heterocycles. The van der Waals surface area contributed by atoms with Gasteiger partial charge < -0.3 is 4.90 Å². The predicted octanol–water partition coefficient (Wildman–Crippen LogP) is 1.20. The lowest BCUT2D eigenvalue weighted by Gasteiger charge is -2.15. The molecule has 58 valence electrons. The van der Waals surface area contributed by atoms with Gasteiger partial charge in [0.05, 0.1) is 0 Å². The minimum absolute atomic E-state index is 0.299. The van der Waals surface area contributed by atoms with Gasteiger partial charge in [0, 0.05) is 24.9 Å². The highest BCUT2D eigenvalue weighted by Gasteiger charge is 2.71. The van der Waals surface area contributed by atoms with Crippen LogP contribution in [0.15, 0.2) is 0 Å². The van der Waals surface area contributed by atoms with E-state index in [1.165, 1.54) is 0 Å². The number of piperidine rings is 1. The minimum atomic E-state index is -2.30. The molecule has 0 radical (unpaired) electrons. The summed E-state index contributed by atoms with van der Waals surface area (Å²) in [6, 6.07) is 0. The van der Waals surface area contributed by atoms with E-state index in [0.717, 1.165) is 6.54 Å². The van der Waals surface area contributed by atoms with Crippen molar-refractivity contribution in [2.75, 3.05) is 19.6 Å². The van der Waals surface area contributed by atoms with Crippen molar-refractivity contribution in [1.29, 1.82) is 0 Å². The maximum absolute atomic E-state index is 12.5. The van der Waals surface area contributed by atoms with Crippen molar-refractivity contribution in [3.05, 3.63) is 0 Å². The molecule has 0 aromatic carbocycles. The topological polar surface area (TPSA) is 3.24 Å². The van der Waals surface area contributed by atoms with Crippen LogP contribution in [0.1, 0.15) is 6.92 Å². The average Bonchev–Trinajstić information content (AvgIpc) is 2.37. The SMILES string of the molecule is CCN1CC2C(C1)C2(F)F. The lowest BCUT2D eigenvalue weighted by Crippen LogP contribution is -2.27. The molecule has 0 aromatic heterocycles. The second-order valence-electron chi connectivity index (χ2n) is 3.24. The molecule has 0 N–H and O–H groups in total. The summed E-state index contributed by atoms with van der Waals surface area (Å²) in [5.74, 6) is -2.90. The fraction of sp³-hybridized carbons (Fsp3) is 1.00. The Bertz CT molecular complexity index is 144. The van der Waals surface area contributed by atoms with Crippen LogP contribution in [0.3, 0.4) is 0 Å². The monoisotopic (exact) mass is 147 g/mol. The predicted molar refractivity (Wildman–Crippen MR) is 34.0 cm³/mol. The number of likely N-dealkylation sites (tertiary alicyclic amines) is 1. The van der Waals surface area contributed by atoms with Gasteiger partial charge in [0.25, 0.3) is 5.92 Å². The first-order chi connectivity index (χ1) is 4.66. The van der Waals surface area contributed by atoms with Crippen molar-refractivity contribution in [3.8, 4) is 0 Å². The number of halogens is 2. The summed E-state index contributed by atoms with van der Waals surface area (Å²) in [6.07, 6.45) is 0. The summed E-state index contributed by atoms with van der Waals surface area (Å²) in [4.78, 5) is 2.09. The van der Waals surface area contributed by atoms with E-state index < -0.39 is 5.92 Å². The molecular formula is C7H11F2N. The van der Waals surface area contributed by atoms with E-state index in [1.807, 2.05) is 6.92 Å². The van der Waals surface area contributed by atoms with Gasteiger partial charge in [0.1, 0.15) is 0 Å². The van der Waals surface area contributed by atoms with Crippen molar-refractivity contribution in [3.63, 3.8) is 0 Å². The summed E-state index contributed by atoms with van der Waals surface area (Å²) < 4.78 is 25.0. The summed E-state index contributed by atoms with van der Waals surface area (Å²) >= 11 is 0. The number of hydrogen-bond donors (Lipinski definition) is 0. The van der Waals surface area contributed by atoms with E-state index in [2.05, 4.69) is 4.90 Å². The molecular weight excluding hydrogens is 136 g/mol. The van der Waals surface area contributed by atoms with Crippen LogP contribution < -0.4 is 0 Å². The summed E-state index contributed by atoms with van der Waals surface area (Å²) in [5.41, 5.74) is 0. The van der Waals surface area contributed by atoms with Gasteiger partial charge in [-0.15, -0.1) is 0 Å². The van der Waals surface area contributed by atoms with Crippen LogP contribution in [0, 0.1) is 11.8 Å². The second kappa shape index (κ2) is 1.70. The molecule has 2 aliphatic rings. The molecule has 2 rings (SSSR count). The van der Waals surface area contributed by atoms with Crippen LogP contribution in [0.25, 0.3) is 0 Å². The van der Waals surface area contributed by atoms with E-state index in [1.54, 1.807) is 0 Å². The third kappa shape index (κ3) is 0.641. The Morgan fingerprint density at radius 1 is 1.40 bits per heavy atom. The zero-order chi connectivity index (χ0) is 7.35. The van der Waals surface area contributed by atoms with Crippen molar-refractivity contribution in [1.82, 2.24) is 4.90 Å². The Kier molecular flexibility index (Phi) is 1.11. The molecule has 1 nitrogen and oxygen atoms in total. The van der Waals surface area contributed by atoms with Gasteiger partial charge in [-0.25, -0.2) is 8.78 Å². The molecule has 0 bridgehead atoms.